The molecule has 4 nitrogen and oxygen atoms in total. The van der Waals surface area contributed by atoms with Crippen molar-refractivity contribution in [2.45, 2.75) is 46.2 Å². The van der Waals surface area contributed by atoms with Gasteiger partial charge in [0.05, 0.1) is 18.5 Å². The Morgan fingerprint density at radius 3 is 2.00 bits per heavy atom. The number of carbonyl (C=O) groups excluding carboxylic acids is 2. The highest BCUT2D eigenvalue weighted by molar-refractivity contribution is 5.79. The maximum atomic E-state index is 13.2. The van der Waals surface area contributed by atoms with E-state index in [1.807, 2.05) is 45.0 Å². The van der Waals surface area contributed by atoms with Gasteiger partial charge in [0, 0.05) is 6.92 Å². The van der Waals surface area contributed by atoms with E-state index in [9.17, 15) is 14.0 Å². The quantitative estimate of drug-likeness (QED) is 0.767. The average Bonchev–Trinajstić information content (AvgIpc) is 2.60. The second-order valence-corrected chi connectivity index (χ2v) is 7.21. The van der Waals surface area contributed by atoms with E-state index in [1.54, 1.807) is 12.1 Å². The van der Waals surface area contributed by atoms with Gasteiger partial charge in [-0.2, -0.15) is 0 Å². The Kier molecular flexibility index (Phi) is 7.11. The summed E-state index contributed by atoms with van der Waals surface area (Å²) in [5.74, 6) is -0.527. The monoisotopic (exact) mass is 370 g/mol. The first-order chi connectivity index (χ1) is 12.8. The van der Waals surface area contributed by atoms with Crippen molar-refractivity contribution in [2.24, 2.45) is 5.92 Å². The molecular weight excluding hydrogens is 343 g/mol. The number of benzene rings is 2. The van der Waals surface area contributed by atoms with Gasteiger partial charge in [-0.1, -0.05) is 55.8 Å². The molecule has 0 aromatic heterocycles. The highest BCUT2D eigenvalue weighted by atomic mass is 19.1. The molecule has 0 aliphatic rings. The summed E-state index contributed by atoms with van der Waals surface area (Å²) >= 11 is 0. The number of aryl methyl sites for hydroxylation is 1. The smallest absolute Gasteiger partial charge is 0.222 e. The fraction of sp³-hybridized carbons (Fsp3) is 0.364. The Morgan fingerprint density at radius 1 is 0.926 bits per heavy atom. The third-order valence-electron chi connectivity index (χ3n) is 4.46. The topological polar surface area (TPSA) is 58.2 Å². The van der Waals surface area contributed by atoms with Gasteiger partial charge in [-0.05, 0) is 36.1 Å². The Morgan fingerprint density at radius 2 is 1.48 bits per heavy atom. The zero-order valence-electron chi connectivity index (χ0n) is 16.3. The Hall–Kier alpha value is -2.69. The number of hydrogen-bond donors (Lipinski definition) is 2. The van der Waals surface area contributed by atoms with Gasteiger partial charge >= 0.3 is 0 Å². The van der Waals surface area contributed by atoms with Gasteiger partial charge in [0.2, 0.25) is 11.8 Å². The molecule has 0 saturated heterocycles. The normalized spacial score (nSPS) is 13.1. The van der Waals surface area contributed by atoms with Crippen molar-refractivity contribution >= 4 is 11.8 Å². The zero-order chi connectivity index (χ0) is 20.0. The van der Waals surface area contributed by atoms with E-state index < -0.39 is 6.04 Å². The lowest BCUT2D eigenvalue weighted by Crippen LogP contribution is -2.36. The molecule has 2 amide bonds. The number of amides is 2. The van der Waals surface area contributed by atoms with Crippen LogP contribution in [0, 0.1) is 18.7 Å². The average molecular weight is 370 g/mol. The van der Waals surface area contributed by atoms with E-state index in [0.717, 1.165) is 16.7 Å². The molecule has 0 bridgehead atoms. The molecule has 144 valence electrons. The van der Waals surface area contributed by atoms with Crippen LogP contribution in [0.4, 0.5) is 4.39 Å². The third kappa shape index (κ3) is 6.20. The Bertz CT molecular complexity index is 770. The van der Waals surface area contributed by atoms with Gasteiger partial charge < -0.3 is 10.6 Å². The standard InChI is InChI=1S/C22H27FN2O2/c1-14(2)22(18-9-11-19(23)12-10-18)25-21(27)13-20(24-16(4)26)17-7-5-15(3)6-8-17/h5-12,14,20,22H,13H2,1-4H3,(H,24,26)(H,25,27). The van der Waals surface area contributed by atoms with Gasteiger partial charge in [0.25, 0.3) is 0 Å². The molecule has 2 aromatic rings. The van der Waals surface area contributed by atoms with E-state index in [-0.39, 0.29) is 36.0 Å². The minimum Gasteiger partial charge on any atom is -0.349 e. The molecule has 0 spiro atoms. The predicted octanol–water partition coefficient (Wildman–Crippen LogP) is 4.21. The molecule has 0 aliphatic carbocycles. The zero-order valence-corrected chi connectivity index (χ0v) is 16.3. The molecular formula is C22H27FN2O2. The third-order valence-corrected chi connectivity index (χ3v) is 4.46. The predicted molar refractivity (Wildman–Crippen MR) is 104 cm³/mol. The summed E-state index contributed by atoms with van der Waals surface area (Å²) in [5, 5.41) is 5.87. The number of hydrogen-bond acceptors (Lipinski definition) is 2. The highest BCUT2D eigenvalue weighted by Gasteiger charge is 2.22. The maximum Gasteiger partial charge on any atom is 0.222 e. The van der Waals surface area contributed by atoms with Crippen molar-refractivity contribution in [3.8, 4) is 0 Å². The molecule has 2 aromatic carbocycles. The number of nitrogens with one attached hydrogen (secondary N) is 2. The molecule has 5 heteroatoms. The van der Waals surface area contributed by atoms with Crippen LogP contribution in [0.2, 0.25) is 0 Å². The summed E-state index contributed by atoms with van der Waals surface area (Å²) in [4.78, 5) is 24.3. The van der Waals surface area contributed by atoms with Crippen LogP contribution in [0.15, 0.2) is 48.5 Å². The summed E-state index contributed by atoms with van der Waals surface area (Å²) in [6, 6.07) is 13.3. The Balaban J connectivity index is 2.13. The van der Waals surface area contributed by atoms with Crippen molar-refractivity contribution in [2.75, 3.05) is 0 Å². The van der Waals surface area contributed by atoms with Crippen LogP contribution in [0.3, 0.4) is 0 Å². The molecule has 2 rings (SSSR count). The van der Waals surface area contributed by atoms with Crippen LogP contribution >= 0.6 is 0 Å². The summed E-state index contributed by atoms with van der Waals surface area (Å²) in [6.45, 7) is 7.42. The van der Waals surface area contributed by atoms with E-state index in [2.05, 4.69) is 10.6 Å². The first-order valence-electron chi connectivity index (χ1n) is 9.14. The fourth-order valence-electron chi connectivity index (χ4n) is 3.02. The van der Waals surface area contributed by atoms with Gasteiger partial charge in [-0.25, -0.2) is 4.39 Å². The van der Waals surface area contributed by atoms with Crippen molar-refractivity contribution in [3.05, 3.63) is 71.0 Å². The first kappa shape index (κ1) is 20.6. The first-order valence-corrected chi connectivity index (χ1v) is 9.14. The minimum atomic E-state index is -0.399. The lowest BCUT2D eigenvalue weighted by molar-refractivity contribution is -0.123. The van der Waals surface area contributed by atoms with Crippen LogP contribution in [0.5, 0.6) is 0 Å². The van der Waals surface area contributed by atoms with Gasteiger partial charge in [0.15, 0.2) is 0 Å². The summed E-state index contributed by atoms with van der Waals surface area (Å²) in [5.41, 5.74) is 2.85. The van der Waals surface area contributed by atoms with Crippen molar-refractivity contribution < 1.29 is 14.0 Å². The van der Waals surface area contributed by atoms with Crippen LogP contribution < -0.4 is 10.6 Å². The van der Waals surface area contributed by atoms with E-state index in [1.165, 1.54) is 19.1 Å². The number of rotatable bonds is 7. The van der Waals surface area contributed by atoms with E-state index in [0.29, 0.717) is 0 Å². The number of carbonyl (C=O) groups is 2. The largest absolute Gasteiger partial charge is 0.349 e. The summed E-state index contributed by atoms with van der Waals surface area (Å²) < 4.78 is 13.2. The van der Waals surface area contributed by atoms with E-state index >= 15 is 0 Å². The molecule has 2 unspecified atom stereocenters. The molecule has 0 aliphatic heterocycles. The molecule has 0 radical (unpaired) electrons. The van der Waals surface area contributed by atoms with Crippen LogP contribution in [-0.2, 0) is 9.59 Å². The lowest BCUT2D eigenvalue weighted by Gasteiger charge is -2.25. The lowest BCUT2D eigenvalue weighted by atomic mass is 9.95. The summed E-state index contributed by atoms with van der Waals surface area (Å²) in [7, 11) is 0. The molecule has 2 atom stereocenters. The minimum absolute atomic E-state index is 0.132. The molecule has 0 heterocycles. The van der Waals surface area contributed by atoms with Crippen LogP contribution in [0.1, 0.15) is 56.0 Å². The van der Waals surface area contributed by atoms with Gasteiger partial charge in [-0.3, -0.25) is 9.59 Å². The van der Waals surface area contributed by atoms with E-state index in [4.69, 9.17) is 0 Å². The van der Waals surface area contributed by atoms with Gasteiger partial charge in [0.1, 0.15) is 5.82 Å². The number of halogens is 1. The SMILES string of the molecule is CC(=O)NC(CC(=O)NC(c1ccc(F)cc1)C(C)C)c1ccc(C)cc1. The van der Waals surface area contributed by atoms with Crippen molar-refractivity contribution in [1.29, 1.82) is 0 Å². The maximum absolute atomic E-state index is 13.2. The van der Waals surface area contributed by atoms with Crippen LogP contribution in [0.25, 0.3) is 0 Å². The molecule has 2 N–H and O–H groups in total. The molecule has 0 saturated carbocycles. The second kappa shape index (κ2) is 9.31. The highest BCUT2D eigenvalue weighted by Crippen LogP contribution is 2.24. The molecule has 27 heavy (non-hydrogen) atoms. The second-order valence-electron chi connectivity index (χ2n) is 7.21. The van der Waals surface area contributed by atoms with Crippen molar-refractivity contribution in [1.82, 2.24) is 10.6 Å². The molecule has 0 fully saturated rings. The van der Waals surface area contributed by atoms with Crippen molar-refractivity contribution in [3.63, 3.8) is 0 Å². The van der Waals surface area contributed by atoms with Gasteiger partial charge in [-0.15, -0.1) is 0 Å². The van der Waals surface area contributed by atoms with Crippen LogP contribution in [-0.4, -0.2) is 11.8 Å². The fourth-order valence-corrected chi connectivity index (χ4v) is 3.02. The summed E-state index contributed by atoms with van der Waals surface area (Å²) in [6.07, 6.45) is 0.132. The Labute approximate surface area is 160 Å².